The molecule has 0 radical (unpaired) electrons. The number of alkyl halides is 1. The van der Waals surface area contributed by atoms with Gasteiger partial charge in [0.1, 0.15) is 36.0 Å². The van der Waals surface area contributed by atoms with E-state index >= 15 is 0 Å². The van der Waals surface area contributed by atoms with Crippen molar-refractivity contribution in [3.63, 3.8) is 0 Å². The molecule has 32 heavy (non-hydrogen) atoms. The molecular formula is C20H28ClFN5O4P. The van der Waals surface area contributed by atoms with Crippen molar-refractivity contribution in [3.8, 4) is 6.07 Å². The third-order valence-corrected chi connectivity index (χ3v) is 5.96. The molecule has 0 saturated heterocycles. The van der Waals surface area contributed by atoms with Gasteiger partial charge in [0.2, 0.25) is 11.9 Å². The van der Waals surface area contributed by atoms with Crippen molar-refractivity contribution in [2.75, 3.05) is 31.6 Å². The van der Waals surface area contributed by atoms with Gasteiger partial charge in [0, 0.05) is 11.6 Å². The SMILES string of the molecule is CCOP(COC(CF)Cn1cc(C#N)c2c(Cl)nc(NC(=O)C(C)(C)C)nc21)OCC. The van der Waals surface area contributed by atoms with Crippen LogP contribution in [0.25, 0.3) is 11.0 Å². The Morgan fingerprint density at radius 1 is 1.34 bits per heavy atom. The second-order valence-electron chi connectivity index (χ2n) is 7.79. The van der Waals surface area contributed by atoms with Gasteiger partial charge in [-0.3, -0.25) is 10.1 Å². The van der Waals surface area contributed by atoms with Crippen molar-refractivity contribution in [3.05, 3.63) is 16.9 Å². The largest absolute Gasteiger partial charge is 0.364 e. The van der Waals surface area contributed by atoms with Gasteiger partial charge in [-0.25, -0.2) is 4.39 Å². The normalized spacial score (nSPS) is 12.8. The average Bonchev–Trinajstić information content (AvgIpc) is 3.08. The number of ether oxygens (including phenoxy) is 1. The first-order valence-corrected chi connectivity index (χ1v) is 11.9. The quantitative estimate of drug-likeness (QED) is 0.363. The van der Waals surface area contributed by atoms with Gasteiger partial charge in [0.05, 0.1) is 30.7 Å². The number of carbonyl (C=O) groups excluding carboxylic acids is 1. The smallest absolute Gasteiger partial charge is 0.232 e. The first kappa shape index (κ1) is 26.4. The third kappa shape index (κ3) is 6.80. The van der Waals surface area contributed by atoms with E-state index in [1.807, 2.05) is 19.9 Å². The number of halogens is 2. The minimum atomic E-state index is -1.28. The maximum Gasteiger partial charge on any atom is 0.232 e. The fourth-order valence-corrected chi connectivity index (χ4v) is 4.04. The summed E-state index contributed by atoms with van der Waals surface area (Å²) in [7, 11) is -1.28. The molecule has 2 aromatic rings. The molecule has 1 amide bonds. The molecule has 0 spiro atoms. The van der Waals surface area contributed by atoms with Crippen molar-refractivity contribution < 1.29 is 23.0 Å². The minimum Gasteiger partial charge on any atom is -0.364 e. The highest BCUT2D eigenvalue weighted by Crippen LogP contribution is 2.38. The summed E-state index contributed by atoms with van der Waals surface area (Å²) in [6.07, 6.45) is 0.795. The lowest BCUT2D eigenvalue weighted by molar-refractivity contribution is -0.123. The molecule has 2 rings (SSSR count). The lowest BCUT2D eigenvalue weighted by Crippen LogP contribution is -2.28. The van der Waals surface area contributed by atoms with E-state index in [0.29, 0.717) is 24.2 Å². The van der Waals surface area contributed by atoms with E-state index in [4.69, 9.17) is 25.4 Å². The zero-order valence-electron chi connectivity index (χ0n) is 18.8. The van der Waals surface area contributed by atoms with E-state index in [2.05, 4.69) is 15.3 Å². The zero-order chi connectivity index (χ0) is 23.9. The summed E-state index contributed by atoms with van der Waals surface area (Å²) < 4.78 is 31.9. The van der Waals surface area contributed by atoms with Crippen LogP contribution in [0.3, 0.4) is 0 Å². The second kappa shape index (κ2) is 11.8. The molecule has 2 heterocycles. The van der Waals surface area contributed by atoms with E-state index < -0.39 is 26.6 Å². The maximum absolute atomic E-state index is 13.7. The lowest BCUT2D eigenvalue weighted by Gasteiger charge is -2.20. The van der Waals surface area contributed by atoms with E-state index in [-0.39, 0.29) is 35.5 Å². The van der Waals surface area contributed by atoms with Crippen molar-refractivity contribution in [2.24, 2.45) is 5.41 Å². The van der Waals surface area contributed by atoms with Crippen LogP contribution in [0.5, 0.6) is 0 Å². The van der Waals surface area contributed by atoms with Gasteiger partial charge < -0.3 is 18.4 Å². The fraction of sp³-hybridized carbons (Fsp3) is 0.600. The van der Waals surface area contributed by atoms with Crippen molar-refractivity contribution in [2.45, 2.75) is 47.3 Å². The number of nitriles is 1. The zero-order valence-corrected chi connectivity index (χ0v) is 20.5. The van der Waals surface area contributed by atoms with Crippen LogP contribution in [0, 0.1) is 16.7 Å². The number of anilines is 1. The molecular weight excluding hydrogens is 460 g/mol. The van der Waals surface area contributed by atoms with Gasteiger partial charge in [0.25, 0.3) is 0 Å². The number of aromatic nitrogens is 3. The molecule has 0 aromatic carbocycles. The molecule has 0 saturated carbocycles. The third-order valence-electron chi connectivity index (χ3n) is 4.23. The Labute approximate surface area is 193 Å². The van der Waals surface area contributed by atoms with Crippen LogP contribution >= 0.6 is 20.0 Å². The summed E-state index contributed by atoms with van der Waals surface area (Å²) in [5.41, 5.74) is -0.135. The van der Waals surface area contributed by atoms with Crippen LogP contribution in [0.2, 0.25) is 5.15 Å². The van der Waals surface area contributed by atoms with Gasteiger partial charge in [-0.05, 0) is 13.8 Å². The molecule has 0 aliphatic rings. The fourth-order valence-electron chi connectivity index (χ4n) is 2.64. The van der Waals surface area contributed by atoms with E-state index in [1.165, 1.54) is 6.20 Å². The van der Waals surface area contributed by atoms with Gasteiger partial charge >= 0.3 is 0 Å². The molecule has 1 N–H and O–H groups in total. The van der Waals surface area contributed by atoms with Gasteiger partial charge in [-0.1, -0.05) is 32.4 Å². The molecule has 12 heteroatoms. The Hall–Kier alpha value is -1.89. The Balaban J connectivity index is 2.31. The first-order valence-electron chi connectivity index (χ1n) is 10.1. The molecule has 0 fully saturated rings. The van der Waals surface area contributed by atoms with Gasteiger partial charge in [0.15, 0.2) is 8.38 Å². The van der Waals surface area contributed by atoms with E-state index in [1.54, 1.807) is 25.3 Å². The van der Waals surface area contributed by atoms with Gasteiger partial charge in [-0.2, -0.15) is 15.2 Å². The Morgan fingerprint density at radius 3 is 2.53 bits per heavy atom. The van der Waals surface area contributed by atoms with Gasteiger partial charge in [-0.15, -0.1) is 0 Å². The highest BCUT2D eigenvalue weighted by Gasteiger charge is 2.24. The predicted octanol–water partition coefficient (Wildman–Crippen LogP) is 4.64. The number of carbonyl (C=O) groups is 1. The number of fused-ring (bicyclic) bond motifs is 1. The summed E-state index contributed by atoms with van der Waals surface area (Å²) in [6.45, 7) is 9.16. The van der Waals surface area contributed by atoms with Crippen LogP contribution in [0.4, 0.5) is 10.3 Å². The Morgan fingerprint density at radius 2 is 2.00 bits per heavy atom. The van der Waals surface area contributed by atoms with Crippen LogP contribution < -0.4 is 5.32 Å². The number of hydrogen-bond acceptors (Lipinski definition) is 7. The van der Waals surface area contributed by atoms with Crippen molar-refractivity contribution >= 4 is 42.9 Å². The van der Waals surface area contributed by atoms with Crippen LogP contribution in [-0.2, 0) is 25.1 Å². The Bertz CT molecular complexity index is 970. The molecule has 0 aliphatic heterocycles. The van der Waals surface area contributed by atoms with Crippen molar-refractivity contribution in [1.29, 1.82) is 5.26 Å². The topological polar surface area (TPSA) is 111 Å². The summed E-state index contributed by atoms with van der Waals surface area (Å²) in [4.78, 5) is 20.8. The monoisotopic (exact) mass is 487 g/mol. The van der Waals surface area contributed by atoms with E-state index in [9.17, 15) is 14.4 Å². The number of amides is 1. The highest BCUT2D eigenvalue weighted by atomic mass is 35.5. The number of hydrogen-bond donors (Lipinski definition) is 1. The standard InChI is InChI=1S/C20H28ClFN5O4P/c1-6-30-32(31-7-2)12-29-14(8-22)11-27-10-13(9-23)15-16(21)24-19(25-17(15)27)26-18(28)20(3,4)5/h10,14H,6-8,11-12H2,1-5H3,(H,24,25,26,28). The number of rotatable bonds is 11. The average molecular weight is 488 g/mol. The molecule has 176 valence electrons. The Kier molecular flexibility index (Phi) is 9.74. The molecule has 2 aromatic heterocycles. The maximum atomic E-state index is 13.7. The summed E-state index contributed by atoms with van der Waals surface area (Å²) >= 11 is 6.30. The number of nitrogens with one attached hydrogen (secondary N) is 1. The molecule has 9 nitrogen and oxygen atoms in total. The van der Waals surface area contributed by atoms with E-state index in [0.717, 1.165) is 0 Å². The van der Waals surface area contributed by atoms with Crippen LogP contribution in [0.15, 0.2) is 6.20 Å². The molecule has 0 aliphatic carbocycles. The summed E-state index contributed by atoms with van der Waals surface area (Å²) in [5.74, 6) is -0.295. The molecule has 1 atom stereocenters. The highest BCUT2D eigenvalue weighted by molar-refractivity contribution is 7.47. The minimum absolute atomic E-state index is 0.000180. The second-order valence-corrected chi connectivity index (χ2v) is 9.59. The predicted molar refractivity (Wildman–Crippen MR) is 121 cm³/mol. The van der Waals surface area contributed by atoms with Crippen LogP contribution in [-0.4, -0.2) is 52.8 Å². The number of nitrogens with zero attached hydrogens (tertiary/aromatic N) is 4. The first-order chi connectivity index (χ1) is 15.1. The lowest BCUT2D eigenvalue weighted by atomic mass is 9.96. The molecule has 0 bridgehead atoms. The summed E-state index contributed by atoms with van der Waals surface area (Å²) in [6, 6.07) is 2.05. The summed E-state index contributed by atoms with van der Waals surface area (Å²) in [5, 5.41) is 12.5. The van der Waals surface area contributed by atoms with Crippen molar-refractivity contribution in [1.82, 2.24) is 14.5 Å². The van der Waals surface area contributed by atoms with Crippen LogP contribution in [0.1, 0.15) is 40.2 Å². The molecule has 1 unspecified atom stereocenters.